The van der Waals surface area contributed by atoms with Crippen molar-refractivity contribution < 1.29 is 8.42 Å². The summed E-state index contributed by atoms with van der Waals surface area (Å²) in [6.07, 6.45) is 1.63. The predicted octanol–water partition coefficient (Wildman–Crippen LogP) is 2.54. The van der Waals surface area contributed by atoms with Crippen LogP contribution in [0.5, 0.6) is 0 Å². The van der Waals surface area contributed by atoms with Crippen LogP contribution in [-0.4, -0.2) is 18.0 Å². The molecule has 0 saturated heterocycles. The summed E-state index contributed by atoms with van der Waals surface area (Å²) >= 11 is 0. The predicted molar refractivity (Wildman–Crippen MR) is 63.2 cm³/mol. The third-order valence-corrected chi connectivity index (χ3v) is 3.74. The Morgan fingerprint density at radius 2 is 2.06 bits per heavy atom. The highest BCUT2D eigenvalue weighted by Gasteiger charge is 2.17. The Bertz CT molecular complexity index is 631. The molecular formula is C10H11ClN2O2S. The molecule has 16 heavy (non-hydrogen) atoms. The zero-order chi connectivity index (χ0) is 11.9. The van der Waals surface area contributed by atoms with E-state index in [9.17, 15) is 8.42 Å². The van der Waals surface area contributed by atoms with Gasteiger partial charge in [-0.05, 0) is 26.0 Å². The molecule has 0 aliphatic carbocycles. The molecule has 0 unspecified atom stereocenters. The second-order valence-electron chi connectivity index (χ2n) is 3.81. The van der Waals surface area contributed by atoms with E-state index in [-0.39, 0.29) is 10.9 Å². The van der Waals surface area contributed by atoms with Crippen molar-refractivity contribution in [1.29, 1.82) is 0 Å². The van der Waals surface area contributed by atoms with Gasteiger partial charge in [0.2, 0.25) is 0 Å². The number of rotatable bonds is 2. The normalized spacial score (nSPS) is 12.5. The van der Waals surface area contributed by atoms with Crippen molar-refractivity contribution in [3.8, 4) is 0 Å². The smallest absolute Gasteiger partial charge is 0.263 e. The number of halogens is 1. The monoisotopic (exact) mass is 258 g/mol. The molecule has 2 aromatic rings. The fraction of sp³-hybridized carbons (Fsp3) is 0.300. The number of hydrogen-bond acceptors (Lipinski definition) is 3. The Balaban J connectivity index is 2.82. The van der Waals surface area contributed by atoms with Crippen molar-refractivity contribution in [2.24, 2.45) is 0 Å². The molecule has 4 nitrogen and oxygen atoms in total. The van der Waals surface area contributed by atoms with Gasteiger partial charge >= 0.3 is 0 Å². The molecule has 0 spiro atoms. The minimum atomic E-state index is -3.75. The molecule has 86 valence electrons. The molecule has 2 rings (SSSR count). The van der Waals surface area contributed by atoms with Crippen molar-refractivity contribution >= 4 is 30.8 Å². The van der Waals surface area contributed by atoms with Gasteiger partial charge in [0.1, 0.15) is 10.4 Å². The van der Waals surface area contributed by atoms with E-state index in [1.165, 1.54) is 6.07 Å². The maximum Gasteiger partial charge on any atom is 0.263 e. The molecule has 0 aliphatic heterocycles. The Morgan fingerprint density at radius 1 is 1.38 bits per heavy atom. The first-order chi connectivity index (χ1) is 7.41. The lowest BCUT2D eigenvalue weighted by Gasteiger charge is -2.07. The minimum Gasteiger partial charge on any atom is -0.328 e. The number of hydrogen-bond donors (Lipinski definition) is 0. The van der Waals surface area contributed by atoms with Gasteiger partial charge < -0.3 is 4.57 Å². The Kier molecular flexibility index (Phi) is 2.67. The zero-order valence-corrected chi connectivity index (χ0v) is 10.5. The Labute approximate surface area is 98.3 Å². The number of benzene rings is 1. The maximum absolute atomic E-state index is 11.3. The van der Waals surface area contributed by atoms with E-state index < -0.39 is 9.05 Å². The molecule has 0 saturated carbocycles. The highest BCUT2D eigenvalue weighted by molar-refractivity contribution is 8.14. The Morgan fingerprint density at radius 3 is 2.62 bits per heavy atom. The largest absolute Gasteiger partial charge is 0.328 e. The van der Waals surface area contributed by atoms with Crippen molar-refractivity contribution in [1.82, 2.24) is 9.55 Å². The van der Waals surface area contributed by atoms with Gasteiger partial charge in [-0.1, -0.05) is 6.07 Å². The van der Waals surface area contributed by atoms with Crippen molar-refractivity contribution in [2.45, 2.75) is 24.8 Å². The van der Waals surface area contributed by atoms with Crippen LogP contribution in [0.1, 0.15) is 19.9 Å². The van der Waals surface area contributed by atoms with Crippen LogP contribution in [0.15, 0.2) is 29.4 Å². The molecule has 0 aliphatic rings. The van der Waals surface area contributed by atoms with E-state index in [4.69, 9.17) is 10.7 Å². The summed E-state index contributed by atoms with van der Waals surface area (Å²) in [6, 6.07) is 5.17. The molecule has 1 aromatic heterocycles. The maximum atomic E-state index is 11.3. The Hall–Kier alpha value is -1.07. The van der Waals surface area contributed by atoms with Gasteiger partial charge in [-0.15, -0.1) is 0 Å². The highest BCUT2D eigenvalue weighted by Crippen LogP contribution is 2.26. The molecule has 0 fully saturated rings. The van der Waals surface area contributed by atoms with Crippen LogP contribution < -0.4 is 0 Å². The van der Waals surface area contributed by atoms with Gasteiger partial charge in [0.15, 0.2) is 0 Å². The standard InChI is InChI=1S/C10H11ClN2O2S/c1-7(2)13-6-12-10-8(13)4-3-5-9(10)16(11,14)15/h3-7H,1-2H3. The number of aromatic nitrogens is 2. The van der Waals surface area contributed by atoms with E-state index >= 15 is 0 Å². The molecule has 6 heteroatoms. The van der Waals surface area contributed by atoms with Gasteiger partial charge in [-0.2, -0.15) is 0 Å². The summed E-state index contributed by atoms with van der Waals surface area (Å²) in [5, 5.41) is 0. The van der Waals surface area contributed by atoms with Crippen LogP contribution in [0.25, 0.3) is 11.0 Å². The lowest BCUT2D eigenvalue weighted by Crippen LogP contribution is -1.98. The van der Waals surface area contributed by atoms with E-state index in [0.717, 1.165) is 5.52 Å². The summed E-state index contributed by atoms with van der Waals surface area (Å²) < 4.78 is 24.6. The topological polar surface area (TPSA) is 52.0 Å². The van der Waals surface area contributed by atoms with Gasteiger partial charge in [0.05, 0.1) is 11.8 Å². The molecule has 0 N–H and O–H groups in total. The lowest BCUT2D eigenvalue weighted by atomic mass is 10.3. The number of imidazole rings is 1. The molecule has 0 bridgehead atoms. The van der Waals surface area contributed by atoms with Crippen molar-refractivity contribution in [3.05, 3.63) is 24.5 Å². The first-order valence-electron chi connectivity index (χ1n) is 4.81. The molecule has 0 atom stereocenters. The van der Waals surface area contributed by atoms with Crippen LogP contribution in [0, 0.1) is 0 Å². The quantitative estimate of drug-likeness (QED) is 0.778. The highest BCUT2D eigenvalue weighted by atomic mass is 35.7. The average molecular weight is 259 g/mol. The summed E-state index contributed by atoms with van der Waals surface area (Å²) in [5.41, 5.74) is 1.20. The van der Waals surface area contributed by atoms with Crippen LogP contribution in [0.2, 0.25) is 0 Å². The molecule has 0 amide bonds. The fourth-order valence-corrected chi connectivity index (χ4v) is 2.64. The van der Waals surface area contributed by atoms with Crippen molar-refractivity contribution in [3.63, 3.8) is 0 Å². The average Bonchev–Trinajstić information content (AvgIpc) is 2.58. The summed E-state index contributed by atoms with van der Waals surface area (Å²) in [6.45, 7) is 4.01. The van der Waals surface area contributed by atoms with Crippen LogP contribution in [-0.2, 0) is 9.05 Å². The number of fused-ring (bicyclic) bond motifs is 1. The number of para-hydroxylation sites is 1. The molecule has 0 radical (unpaired) electrons. The third-order valence-electron chi connectivity index (χ3n) is 2.39. The van der Waals surface area contributed by atoms with E-state index in [0.29, 0.717) is 5.52 Å². The first kappa shape index (κ1) is 11.4. The summed E-state index contributed by atoms with van der Waals surface area (Å²) in [5.74, 6) is 0. The summed E-state index contributed by atoms with van der Waals surface area (Å²) in [7, 11) is 1.60. The molecule has 1 aromatic carbocycles. The zero-order valence-electron chi connectivity index (χ0n) is 8.88. The minimum absolute atomic E-state index is 0.0612. The molecular weight excluding hydrogens is 248 g/mol. The van der Waals surface area contributed by atoms with Crippen molar-refractivity contribution in [2.75, 3.05) is 0 Å². The van der Waals surface area contributed by atoms with E-state index in [1.807, 2.05) is 24.5 Å². The van der Waals surface area contributed by atoms with E-state index in [2.05, 4.69) is 4.98 Å². The van der Waals surface area contributed by atoms with Gasteiger partial charge in [-0.3, -0.25) is 0 Å². The molecule has 1 heterocycles. The van der Waals surface area contributed by atoms with Gasteiger partial charge in [-0.25, -0.2) is 13.4 Å². The van der Waals surface area contributed by atoms with Crippen LogP contribution in [0.3, 0.4) is 0 Å². The number of nitrogens with zero attached hydrogens (tertiary/aromatic N) is 2. The summed E-state index contributed by atoms with van der Waals surface area (Å²) in [4.78, 5) is 4.17. The third kappa shape index (κ3) is 1.81. The van der Waals surface area contributed by atoms with Crippen LogP contribution >= 0.6 is 10.7 Å². The first-order valence-corrected chi connectivity index (χ1v) is 7.12. The van der Waals surface area contributed by atoms with Gasteiger partial charge in [0.25, 0.3) is 9.05 Å². The van der Waals surface area contributed by atoms with E-state index in [1.54, 1.807) is 12.4 Å². The van der Waals surface area contributed by atoms with Crippen LogP contribution in [0.4, 0.5) is 0 Å². The lowest BCUT2D eigenvalue weighted by molar-refractivity contribution is 0.610. The fourth-order valence-electron chi connectivity index (χ4n) is 1.64. The second-order valence-corrected chi connectivity index (χ2v) is 6.34. The second kappa shape index (κ2) is 3.75. The van der Waals surface area contributed by atoms with Gasteiger partial charge in [0, 0.05) is 16.7 Å². The SMILES string of the molecule is CC(C)n1cnc2c(S(=O)(=O)Cl)cccc21.